The molecule has 0 radical (unpaired) electrons. The van der Waals surface area contributed by atoms with Gasteiger partial charge in [0.25, 0.3) is 0 Å². The lowest BCUT2D eigenvalue weighted by atomic mass is 9.96. The average Bonchev–Trinajstić information content (AvgIpc) is 2.17. The largest absolute Gasteiger partial charge is 0.378 e. The molecular formula is C12H21N. The van der Waals surface area contributed by atoms with Crippen molar-refractivity contribution < 1.29 is 0 Å². The maximum absolute atomic E-state index is 2.38. The summed E-state index contributed by atoms with van der Waals surface area (Å²) >= 11 is 0. The predicted molar refractivity (Wildman–Crippen MR) is 58.6 cm³/mol. The first-order valence-corrected chi connectivity index (χ1v) is 5.35. The lowest BCUT2D eigenvalue weighted by Gasteiger charge is -2.20. The Hall–Kier alpha value is -0.720. The maximum atomic E-state index is 2.38. The van der Waals surface area contributed by atoms with E-state index in [-0.39, 0.29) is 0 Å². The van der Waals surface area contributed by atoms with E-state index in [4.69, 9.17) is 0 Å². The molecule has 1 aliphatic carbocycles. The number of rotatable bonds is 3. The van der Waals surface area contributed by atoms with E-state index in [1.54, 1.807) is 11.1 Å². The van der Waals surface area contributed by atoms with Crippen LogP contribution >= 0.6 is 0 Å². The average molecular weight is 179 g/mol. The molecule has 0 atom stereocenters. The summed E-state index contributed by atoms with van der Waals surface area (Å²) in [6, 6.07) is 0. The molecule has 0 unspecified atom stereocenters. The smallest absolute Gasteiger partial charge is 0.0143 e. The molecule has 0 aromatic carbocycles. The summed E-state index contributed by atoms with van der Waals surface area (Å²) in [5.41, 5.74) is 3.14. The van der Waals surface area contributed by atoms with Gasteiger partial charge >= 0.3 is 0 Å². The molecule has 1 nitrogen and oxygen atoms in total. The van der Waals surface area contributed by atoms with Gasteiger partial charge in [0.15, 0.2) is 0 Å². The zero-order chi connectivity index (χ0) is 9.68. The third-order valence-corrected chi connectivity index (χ3v) is 2.73. The summed E-state index contributed by atoms with van der Waals surface area (Å²) in [4.78, 5) is 2.38. The molecule has 1 aliphatic rings. The van der Waals surface area contributed by atoms with E-state index < -0.39 is 0 Å². The van der Waals surface area contributed by atoms with E-state index >= 15 is 0 Å². The SMILES string of the molecule is CCN(C=C1CC=C(C)CC1)CC. The fourth-order valence-electron chi connectivity index (χ4n) is 1.65. The van der Waals surface area contributed by atoms with Gasteiger partial charge in [0.05, 0.1) is 0 Å². The fourth-order valence-corrected chi connectivity index (χ4v) is 1.65. The topological polar surface area (TPSA) is 3.24 Å². The minimum Gasteiger partial charge on any atom is -0.378 e. The Morgan fingerprint density at radius 2 is 2.00 bits per heavy atom. The minimum absolute atomic E-state index is 1.13. The van der Waals surface area contributed by atoms with E-state index in [1.165, 1.54) is 19.3 Å². The second-order valence-electron chi connectivity index (χ2n) is 3.76. The van der Waals surface area contributed by atoms with Crippen LogP contribution in [-0.4, -0.2) is 18.0 Å². The molecule has 1 rings (SSSR count). The van der Waals surface area contributed by atoms with Crippen LogP contribution in [0.25, 0.3) is 0 Å². The lowest BCUT2D eigenvalue weighted by molar-refractivity contribution is 0.413. The molecule has 0 amide bonds. The first-order valence-electron chi connectivity index (χ1n) is 5.35. The van der Waals surface area contributed by atoms with Crippen molar-refractivity contribution in [3.05, 3.63) is 23.4 Å². The van der Waals surface area contributed by atoms with E-state index in [1.807, 2.05) is 0 Å². The molecule has 13 heavy (non-hydrogen) atoms. The van der Waals surface area contributed by atoms with Crippen LogP contribution in [0.3, 0.4) is 0 Å². The van der Waals surface area contributed by atoms with E-state index in [9.17, 15) is 0 Å². The van der Waals surface area contributed by atoms with Crippen LogP contribution < -0.4 is 0 Å². The summed E-state index contributed by atoms with van der Waals surface area (Å²) < 4.78 is 0. The molecule has 0 aromatic heterocycles. The zero-order valence-corrected chi connectivity index (χ0v) is 9.14. The highest BCUT2D eigenvalue weighted by Gasteiger charge is 2.05. The van der Waals surface area contributed by atoms with Crippen molar-refractivity contribution in [2.24, 2.45) is 0 Å². The van der Waals surface area contributed by atoms with Crippen molar-refractivity contribution in [2.45, 2.75) is 40.0 Å². The van der Waals surface area contributed by atoms with Crippen molar-refractivity contribution >= 4 is 0 Å². The predicted octanol–water partition coefficient (Wildman–Crippen LogP) is 3.34. The van der Waals surface area contributed by atoms with E-state index in [0.717, 1.165) is 13.1 Å². The highest BCUT2D eigenvalue weighted by molar-refractivity contribution is 5.17. The third kappa shape index (κ3) is 3.25. The number of allylic oxidation sites excluding steroid dienone is 3. The van der Waals surface area contributed by atoms with Gasteiger partial charge in [-0.2, -0.15) is 0 Å². The molecule has 0 spiro atoms. The number of hydrogen-bond donors (Lipinski definition) is 0. The molecule has 0 N–H and O–H groups in total. The van der Waals surface area contributed by atoms with Gasteiger partial charge in [-0.1, -0.05) is 17.2 Å². The Morgan fingerprint density at radius 1 is 1.31 bits per heavy atom. The summed E-state index contributed by atoms with van der Waals surface area (Å²) in [5, 5.41) is 0. The van der Waals surface area contributed by atoms with Crippen molar-refractivity contribution in [2.75, 3.05) is 13.1 Å². The van der Waals surface area contributed by atoms with E-state index in [0.29, 0.717) is 0 Å². The van der Waals surface area contributed by atoms with E-state index in [2.05, 4.69) is 37.9 Å². The molecule has 0 bridgehead atoms. The van der Waals surface area contributed by atoms with Crippen LogP contribution in [0.15, 0.2) is 23.4 Å². The number of hydrogen-bond acceptors (Lipinski definition) is 1. The Kier molecular flexibility index (Phi) is 4.07. The van der Waals surface area contributed by atoms with Gasteiger partial charge in [-0.15, -0.1) is 0 Å². The van der Waals surface area contributed by atoms with Gasteiger partial charge in [-0.25, -0.2) is 0 Å². The van der Waals surface area contributed by atoms with Crippen LogP contribution in [0.1, 0.15) is 40.0 Å². The van der Waals surface area contributed by atoms with Gasteiger partial charge < -0.3 is 4.90 Å². The fraction of sp³-hybridized carbons (Fsp3) is 0.667. The monoisotopic (exact) mass is 179 g/mol. The van der Waals surface area contributed by atoms with Gasteiger partial charge in [-0.05, 0) is 46.2 Å². The van der Waals surface area contributed by atoms with Crippen molar-refractivity contribution in [1.82, 2.24) is 4.90 Å². The zero-order valence-electron chi connectivity index (χ0n) is 9.14. The van der Waals surface area contributed by atoms with Crippen molar-refractivity contribution in [1.29, 1.82) is 0 Å². The van der Waals surface area contributed by atoms with Gasteiger partial charge in [0.2, 0.25) is 0 Å². The molecule has 1 heteroatoms. The molecule has 0 aliphatic heterocycles. The summed E-state index contributed by atoms with van der Waals surface area (Å²) in [7, 11) is 0. The Bertz CT molecular complexity index is 209. The first-order chi connectivity index (χ1) is 6.26. The quantitative estimate of drug-likeness (QED) is 0.601. The van der Waals surface area contributed by atoms with Crippen molar-refractivity contribution in [3.8, 4) is 0 Å². The van der Waals surface area contributed by atoms with Crippen LogP contribution in [-0.2, 0) is 0 Å². The second kappa shape index (κ2) is 5.11. The van der Waals surface area contributed by atoms with Crippen LogP contribution in [0.5, 0.6) is 0 Å². The molecule has 0 aromatic rings. The first kappa shape index (κ1) is 10.4. The molecule has 0 saturated heterocycles. The van der Waals surface area contributed by atoms with Crippen LogP contribution in [0.4, 0.5) is 0 Å². The Morgan fingerprint density at radius 3 is 2.46 bits per heavy atom. The highest BCUT2D eigenvalue weighted by atomic mass is 15.1. The molecule has 0 fully saturated rings. The highest BCUT2D eigenvalue weighted by Crippen LogP contribution is 2.22. The molecule has 0 heterocycles. The summed E-state index contributed by atoms with van der Waals surface area (Å²) in [5.74, 6) is 0. The van der Waals surface area contributed by atoms with Crippen LogP contribution in [0.2, 0.25) is 0 Å². The Balaban J connectivity index is 2.52. The molecular weight excluding hydrogens is 158 g/mol. The molecule has 74 valence electrons. The summed E-state index contributed by atoms with van der Waals surface area (Å²) in [6.07, 6.45) is 8.40. The minimum atomic E-state index is 1.13. The lowest BCUT2D eigenvalue weighted by Crippen LogP contribution is -2.16. The Labute approximate surface area is 82.1 Å². The van der Waals surface area contributed by atoms with Gasteiger partial charge in [0, 0.05) is 13.1 Å². The normalized spacial score (nSPS) is 20.2. The van der Waals surface area contributed by atoms with Crippen molar-refractivity contribution in [3.63, 3.8) is 0 Å². The third-order valence-electron chi connectivity index (χ3n) is 2.73. The van der Waals surface area contributed by atoms with Gasteiger partial charge in [0.1, 0.15) is 0 Å². The van der Waals surface area contributed by atoms with Gasteiger partial charge in [-0.3, -0.25) is 0 Å². The second-order valence-corrected chi connectivity index (χ2v) is 3.76. The summed E-state index contributed by atoms with van der Waals surface area (Å²) in [6.45, 7) is 8.91. The molecule has 0 saturated carbocycles. The standard InChI is InChI=1S/C12H21N/c1-4-13(5-2)10-12-8-6-11(3)7-9-12/h6,10H,4-5,7-9H2,1-3H3. The maximum Gasteiger partial charge on any atom is 0.0143 e. The van der Waals surface area contributed by atoms with Crippen LogP contribution in [0, 0.1) is 0 Å². The number of nitrogens with zero attached hydrogens (tertiary/aromatic N) is 1.